The number of hydrogen-bond donors (Lipinski definition) is 0. The molecule has 2 aromatic heterocycles. The molecule has 24 heavy (non-hydrogen) atoms. The van der Waals surface area contributed by atoms with Crippen molar-refractivity contribution in [1.29, 1.82) is 0 Å². The van der Waals surface area contributed by atoms with E-state index in [0.717, 1.165) is 10.6 Å². The molecule has 122 valence electrons. The summed E-state index contributed by atoms with van der Waals surface area (Å²) in [5.41, 5.74) is 2.00. The van der Waals surface area contributed by atoms with Crippen LogP contribution in [0.3, 0.4) is 0 Å². The van der Waals surface area contributed by atoms with Crippen molar-refractivity contribution < 1.29 is 9.53 Å². The predicted molar refractivity (Wildman–Crippen MR) is 93.3 cm³/mol. The number of methoxy groups -OCH3 is 1. The van der Waals surface area contributed by atoms with Crippen molar-refractivity contribution in [2.75, 3.05) is 13.4 Å². The third kappa shape index (κ3) is 3.46. The first kappa shape index (κ1) is 16.2. The van der Waals surface area contributed by atoms with Gasteiger partial charge < -0.3 is 4.74 Å². The van der Waals surface area contributed by atoms with E-state index in [2.05, 4.69) is 15.2 Å². The summed E-state index contributed by atoms with van der Waals surface area (Å²) in [4.78, 5) is 17.2. The van der Waals surface area contributed by atoms with Crippen LogP contribution in [0.2, 0.25) is 0 Å². The lowest BCUT2D eigenvalue weighted by molar-refractivity contribution is -0.139. The van der Waals surface area contributed by atoms with Crippen LogP contribution in [0.25, 0.3) is 5.65 Å². The monoisotopic (exact) mass is 340 g/mol. The maximum atomic E-state index is 11.6. The molecule has 0 spiro atoms. The van der Waals surface area contributed by atoms with E-state index in [9.17, 15) is 4.79 Å². The van der Waals surface area contributed by atoms with Crippen molar-refractivity contribution >= 4 is 34.9 Å². The van der Waals surface area contributed by atoms with Crippen molar-refractivity contribution in [3.63, 3.8) is 0 Å². The third-order valence-corrected chi connectivity index (χ3v) is 4.15. The molecule has 0 atom stereocenters. The number of fused-ring (bicyclic) bond motifs is 1. The second-order valence-electron chi connectivity index (χ2n) is 4.97. The number of aromatic nitrogens is 2. The van der Waals surface area contributed by atoms with Crippen LogP contribution in [0.5, 0.6) is 0 Å². The Balaban J connectivity index is 2.01. The number of carbonyl (C=O) groups is 1. The van der Waals surface area contributed by atoms with Crippen LogP contribution in [0.4, 0.5) is 11.5 Å². The van der Waals surface area contributed by atoms with E-state index in [1.54, 1.807) is 16.2 Å². The Hall–Kier alpha value is -2.67. The summed E-state index contributed by atoms with van der Waals surface area (Å²) in [6.45, 7) is 0. The van der Waals surface area contributed by atoms with Crippen molar-refractivity contribution in [3.8, 4) is 0 Å². The van der Waals surface area contributed by atoms with Crippen molar-refractivity contribution in [2.45, 2.75) is 11.3 Å². The number of hydrogen-bond acceptors (Lipinski definition) is 6. The van der Waals surface area contributed by atoms with Gasteiger partial charge in [0.05, 0.1) is 24.9 Å². The van der Waals surface area contributed by atoms with Crippen molar-refractivity contribution in [2.24, 2.45) is 10.2 Å². The number of azo groups is 1. The lowest BCUT2D eigenvalue weighted by atomic mass is 10.3. The fraction of sp³-hybridized carbons (Fsp3) is 0.176. The lowest BCUT2D eigenvalue weighted by Gasteiger charge is -1.99. The van der Waals surface area contributed by atoms with Gasteiger partial charge in [-0.2, -0.15) is 0 Å². The van der Waals surface area contributed by atoms with Gasteiger partial charge >= 0.3 is 5.97 Å². The average Bonchev–Trinajstić information content (AvgIpc) is 2.97. The van der Waals surface area contributed by atoms with Crippen molar-refractivity contribution in [1.82, 2.24) is 9.38 Å². The molecule has 0 saturated carbocycles. The number of nitrogens with zero attached hydrogens (tertiary/aromatic N) is 4. The first-order chi connectivity index (χ1) is 11.7. The maximum absolute atomic E-state index is 11.6. The molecule has 2 heterocycles. The number of pyridine rings is 1. The average molecular weight is 340 g/mol. The molecule has 7 heteroatoms. The second-order valence-corrected chi connectivity index (χ2v) is 5.84. The van der Waals surface area contributed by atoms with Gasteiger partial charge in [-0.1, -0.05) is 12.1 Å². The predicted octanol–water partition coefficient (Wildman–Crippen LogP) is 4.19. The van der Waals surface area contributed by atoms with Crippen LogP contribution >= 0.6 is 11.8 Å². The van der Waals surface area contributed by atoms with Gasteiger partial charge in [0, 0.05) is 11.1 Å². The zero-order valence-electron chi connectivity index (χ0n) is 13.3. The van der Waals surface area contributed by atoms with Gasteiger partial charge in [0.25, 0.3) is 0 Å². The van der Waals surface area contributed by atoms with Gasteiger partial charge in [-0.3, -0.25) is 9.20 Å². The van der Waals surface area contributed by atoms with E-state index in [1.165, 1.54) is 7.11 Å². The standard InChI is InChI=1S/C17H16N4O2S/c1-23-16(22)11-14-17(21-9-4-3-8-15(21)18-14)20-19-12-6-5-7-13(10-12)24-2/h3-10H,11H2,1-2H3. The molecule has 0 saturated heterocycles. The van der Waals surface area contributed by atoms with Gasteiger partial charge in [-0.15, -0.1) is 22.0 Å². The highest BCUT2D eigenvalue weighted by molar-refractivity contribution is 7.98. The summed E-state index contributed by atoms with van der Waals surface area (Å²) in [7, 11) is 1.35. The SMILES string of the molecule is COC(=O)Cc1nc2ccccn2c1N=Nc1cccc(SC)c1. The number of benzene rings is 1. The molecule has 3 rings (SSSR count). The van der Waals surface area contributed by atoms with Gasteiger partial charge in [0.2, 0.25) is 0 Å². The Bertz CT molecular complexity index is 904. The van der Waals surface area contributed by atoms with Crippen LogP contribution in [0.15, 0.2) is 63.8 Å². The smallest absolute Gasteiger partial charge is 0.311 e. The number of thioether (sulfide) groups is 1. The lowest BCUT2D eigenvalue weighted by Crippen LogP contribution is -2.04. The summed E-state index contributed by atoms with van der Waals surface area (Å²) in [6, 6.07) is 13.4. The fourth-order valence-electron chi connectivity index (χ4n) is 2.24. The fourth-order valence-corrected chi connectivity index (χ4v) is 2.70. The molecular weight excluding hydrogens is 324 g/mol. The molecule has 0 N–H and O–H groups in total. The van der Waals surface area contributed by atoms with Gasteiger partial charge in [0.15, 0.2) is 5.82 Å². The van der Waals surface area contributed by atoms with E-state index in [1.807, 2.05) is 54.9 Å². The normalized spacial score (nSPS) is 11.2. The Morgan fingerprint density at radius 2 is 2.12 bits per heavy atom. The van der Waals surface area contributed by atoms with E-state index >= 15 is 0 Å². The Kier molecular flexibility index (Phi) is 4.90. The van der Waals surface area contributed by atoms with Gasteiger partial charge in [-0.05, 0) is 36.6 Å². The van der Waals surface area contributed by atoms with E-state index in [-0.39, 0.29) is 12.4 Å². The summed E-state index contributed by atoms with van der Waals surface area (Å²) < 4.78 is 6.54. The largest absolute Gasteiger partial charge is 0.469 e. The quantitative estimate of drug-likeness (QED) is 0.397. The molecule has 0 fully saturated rings. The van der Waals surface area contributed by atoms with Crippen LogP contribution in [-0.4, -0.2) is 28.7 Å². The highest BCUT2D eigenvalue weighted by Crippen LogP contribution is 2.26. The Labute approximate surface area is 143 Å². The minimum absolute atomic E-state index is 0.0530. The Morgan fingerprint density at radius 1 is 1.25 bits per heavy atom. The molecule has 3 aromatic rings. The molecule has 0 bridgehead atoms. The van der Waals surface area contributed by atoms with E-state index < -0.39 is 0 Å². The maximum Gasteiger partial charge on any atom is 0.311 e. The molecule has 0 aliphatic carbocycles. The minimum Gasteiger partial charge on any atom is -0.469 e. The summed E-state index contributed by atoms with van der Waals surface area (Å²) in [5.74, 6) is 0.171. The third-order valence-electron chi connectivity index (χ3n) is 3.43. The molecule has 0 aliphatic heterocycles. The zero-order chi connectivity index (χ0) is 16.9. The molecule has 0 amide bonds. The summed E-state index contributed by atoms with van der Waals surface area (Å²) in [5, 5.41) is 8.64. The number of rotatable bonds is 5. The molecule has 6 nitrogen and oxygen atoms in total. The molecule has 0 radical (unpaired) electrons. The van der Waals surface area contributed by atoms with Crippen LogP contribution in [-0.2, 0) is 16.0 Å². The molecular formula is C17H16N4O2S. The summed E-state index contributed by atoms with van der Waals surface area (Å²) >= 11 is 1.64. The summed E-state index contributed by atoms with van der Waals surface area (Å²) in [6.07, 6.45) is 3.91. The van der Waals surface area contributed by atoms with Crippen LogP contribution in [0, 0.1) is 0 Å². The highest BCUT2D eigenvalue weighted by Gasteiger charge is 2.15. The number of ether oxygens (including phenoxy) is 1. The van der Waals surface area contributed by atoms with E-state index in [4.69, 9.17) is 4.74 Å². The van der Waals surface area contributed by atoms with E-state index in [0.29, 0.717) is 17.2 Å². The Morgan fingerprint density at radius 3 is 2.92 bits per heavy atom. The van der Waals surface area contributed by atoms with Gasteiger partial charge in [0.1, 0.15) is 5.65 Å². The van der Waals surface area contributed by atoms with Gasteiger partial charge in [-0.25, -0.2) is 4.98 Å². The number of imidazole rings is 1. The topological polar surface area (TPSA) is 68.3 Å². The van der Waals surface area contributed by atoms with Crippen LogP contribution < -0.4 is 0 Å². The van der Waals surface area contributed by atoms with Crippen molar-refractivity contribution in [3.05, 3.63) is 54.4 Å². The molecule has 1 aromatic carbocycles. The first-order valence-corrected chi connectivity index (χ1v) is 8.52. The van der Waals surface area contributed by atoms with Crippen LogP contribution in [0.1, 0.15) is 5.69 Å². The number of esters is 1. The molecule has 0 aliphatic rings. The zero-order valence-corrected chi connectivity index (χ0v) is 14.2. The highest BCUT2D eigenvalue weighted by atomic mass is 32.2. The second kappa shape index (κ2) is 7.27. The first-order valence-electron chi connectivity index (χ1n) is 7.30. The number of carbonyl (C=O) groups excluding carboxylic acids is 1. The minimum atomic E-state index is -0.362. The molecule has 0 unspecified atom stereocenters.